The van der Waals surface area contributed by atoms with E-state index in [4.69, 9.17) is 11.6 Å². The number of hydrogen-bond donors (Lipinski definition) is 1. The van der Waals surface area contributed by atoms with Crippen LogP contribution in [0.3, 0.4) is 0 Å². The molecule has 3 rings (SSSR count). The van der Waals surface area contributed by atoms with Crippen LogP contribution >= 0.6 is 11.6 Å². The molecule has 0 radical (unpaired) electrons. The minimum absolute atomic E-state index is 0.142. The van der Waals surface area contributed by atoms with Crippen LogP contribution in [0.25, 0.3) is 0 Å². The molecule has 1 heterocycles. The molecular formula is C23H28ClN3O2. The number of carbonyl (C=O) groups excluding carboxylic acids is 2. The summed E-state index contributed by atoms with van der Waals surface area (Å²) in [5, 5.41) is 3.46. The van der Waals surface area contributed by atoms with Gasteiger partial charge in [-0.1, -0.05) is 23.7 Å². The first-order valence-electron chi connectivity index (χ1n) is 10.1. The van der Waals surface area contributed by atoms with Crippen molar-refractivity contribution in [3.8, 4) is 0 Å². The molecule has 1 saturated heterocycles. The van der Waals surface area contributed by atoms with E-state index in [9.17, 15) is 9.59 Å². The average Bonchev–Trinajstić information content (AvgIpc) is 2.73. The quantitative estimate of drug-likeness (QED) is 0.732. The molecule has 29 heavy (non-hydrogen) atoms. The van der Waals surface area contributed by atoms with Gasteiger partial charge in [-0.2, -0.15) is 0 Å². The number of benzene rings is 2. The smallest absolute Gasteiger partial charge is 0.251 e. The van der Waals surface area contributed by atoms with Gasteiger partial charge in [-0.25, -0.2) is 0 Å². The maximum absolute atomic E-state index is 12.5. The number of rotatable bonds is 6. The zero-order valence-electron chi connectivity index (χ0n) is 17.1. The Balaban J connectivity index is 1.39. The summed E-state index contributed by atoms with van der Waals surface area (Å²) in [6, 6.07) is 13.1. The number of carbonyl (C=O) groups is 2. The molecule has 1 fully saturated rings. The number of nitrogens with one attached hydrogen (secondary N) is 1. The summed E-state index contributed by atoms with van der Waals surface area (Å²) >= 11 is 5.83. The fourth-order valence-corrected chi connectivity index (χ4v) is 3.70. The molecule has 0 spiro atoms. The third-order valence-corrected chi connectivity index (χ3v) is 5.76. The second-order valence-electron chi connectivity index (χ2n) is 7.45. The van der Waals surface area contributed by atoms with Crippen LogP contribution < -0.4 is 10.2 Å². The molecule has 0 saturated carbocycles. The Kier molecular flexibility index (Phi) is 7.15. The Morgan fingerprint density at radius 1 is 1.00 bits per heavy atom. The lowest BCUT2D eigenvalue weighted by molar-refractivity contribution is -0.131. The molecule has 0 unspecified atom stereocenters. The Labute approximate surface area is 177 Å². The van der Waals surface area contributed by atoms with Crippen molar-refractivity contribution in [2.24, 2.45) is 0 Å². The van der Waals surface area contributed by atoms with Crippen LogP contribution in [-0.2, 0) is 4.79 Å². The summed E-state index contributed by atoms with van der Waals surface area (Å²) in [5.41, 5.74) is 4.44. The van der Waals surface area contributed by atoms with E-state index in [1.54, 1.807) is 24.3 Å². The van der Waals surface area contributed by atoms with Crippen molar-refractivity contribution in [3.63, 3.8) is 0 Å². The lowest BCUT2D eigenvalue weighted by Crippen LogP contribution is -2.49. The zero-order chi connectivity index (χ0) is 20.8. The average molecular weight is 414 g/mol. The van der Waals surface area contributed by atoms with Crippen LogP contribution in [0, 0.1) is 13.8 Å². The van der Waals surface area contributed by atoms with Gasteiger partial charge in [0.2, 0.25) is 5.91 Å². The number of anilines is 1. The summed E-state index contributed by atoms with van der Waals surface area (Å²) in [5.74, 6) is 0.0163. The minimum Gasteiger partial charge on any atom is -0.368 e. The largest absolute Gasteiger partial charge is 0.368 e. The highest BCUT2D eigenvalue weighted by molar-refractivity contribution is 6.30. The van der Waals surface area contributed by atoms with Gasteiger partial charge in [-0.05, 0) is 61.7 Å². The Morgan fingerprint density at radius 3 is 2.38 bits per heavy atom. The molecular weight excluding hydrogens is 386 g/mol. The summed E-state index contributed by atoms with van der Waals surface area (Å²) in [6.07, 6.45) is 1.08. The molecule has 2 aromatic carbocycles. The first-order valence-corrected chi connectivity index (χ1v) is 10.5. The predicted octanol–water partition coefficient (Wildman–Crippen LogP) is 3.82. The molecule has 2 amide bonds. The number of aryl methyl sites for hydroxylation is 1. The lowest BCUT2D eigenvalue weighted by Gasteiger charge is -2.37. The molecule has 5 nitrogen and oxygen atoms in total. The van der Waals surface area contributed by atoms with E-state index in [1.165, 1.54) is 16.8 Å². The Hall–Kier alpha value is -2.53. The maximum atomic E-state index is 12.5. The van der Waals surface area contributed by atoms with E-state index in [2.05, 4.69) is 42.3 Å². The molecule has 1 N–H and O–H groups in total. The normalized spacial score (nSPS) is 14.0. The van der Waals surface area contributed by atoms with E-state index in [1.807, 2.05) is 4.90 Å². The van der Waals surface area contributed by atoms with Crippen LogP contribution in [0.15, 0.2) is 42.5 Å². The van der Waals surface area contributed by atoms with Gasteiger partial charge in [0.1, 0.15) is 0 Å². The summed E-state index contributed by atoms with van der Waals surface area (Å²) in [4.78, 5) is 28.9. The van der Waals surface area contributed by atoms with Gasteiger partial charge in [-0.3, -0.25) is 9.59 Å². The van der Waals surface area contributed by atoms with Gasteiger partial charge < -0.3 is 15.1 Å². The van der Waals surface area contributed by atoms with Crippen LogP contribution in [0.4, 0.5) is 5.69 Å². The Bertz CT molecular complexity index is 859. The fourth-order valence-electron chi connectivity index (χ4n) is 3.58. The molecule has 0 aromatic heterocycles. The molecule has 0 aliphatic carbocycles. The van der Waals surface area contributed by atoms with Crippen LogP contribution in [0.1, 0.15) is 34.3 Å². The molecule has 1 aliphatic heterocycles. The lowest BCUT2D eigenvalue weighted by atomic mass is 10.1. The monoisotopic (exact) mass is 413 g/mol. The van der Waals surface area contributed by atoms with Crippen LogP contribution in [-0.4, -0.2) is 49.4 Å². The van der Waals surface area contributed by atoms with Crippen molar-refractivity contribution in [1.82, 2.24) is 10.2 Å². The number of hydrogen-bond acceptors (Lipinski definition) is 3. The van der Waals surface area contributed by atoms with E-state index >= 15 is 0 Å². The SMILES string of the molecule is Cc1cccc(N2CCN(C(=O)CCCNC(=O)c3ccc(Cl)cc3)CC2)c1C. The molecule has 154 valence electrons. The van der Waals surface area contributed by atoms with Crippen molar-refractivity contribution < 1.29 is 9.59 Å². The van der Waals surface area contributed by atoms with E-state index in [0.29, 0.717) is 30.0 Å². The molecule has 0 atom stereocenters. The third kappa shape index (κ3) is 5.51. The van der Waals surface area contributed by atoms with Crippen molar-refractivity contribution >= 4 is 29.1 Å². The van der Waals surface area contributed by atoms with Crippen molar-refractivity contribution in [2.45, 2.75) is 26.7 Å². The second kappa shape index (κ2) is 9.79. The topological polar surface area (TPSA) is 52.6 Å². The number of nitrogens with zero attached hydrogens (tertiary/aromatic N) is 2. The molecule has 6 heteroatoms. The number of halogens is 1. The maximum Gasteiger partial charge on any atom is 0.251 e. The van der Waals surface area contributed by atoms with Crippen molar-refractivity contribution in [1.29, 1.82) is 0 Å². The van der Waals surface area contributed by atoms with Crippen molar-refractivity contribution in [2.75, 3.05) is 37.6 Å². The molecule has 2 aromatic rings. The van der Waals surface area contributed by atoms with E-state index in [0.717, 1.165) is 26.2 Å². The first-order chi connectivity index (χ1) is 14.0. The van der Waals surface area contributed by atoms with Gasteiger partial charge in [0.05, 0.1) is 0 Å². The highest BCUT2D eigenvalue weighted by atomic mass is 35.5. The fraction of sp³-hybridized carbons (Fsp3) is 0.391. The van der Waals surface area contributed by atoms with Gasteiger partial charge in [0, 0.05) is 55.4 Å². The zero-order valence-corrected chi connectivity index (χ0v) is 17.8. The van der Waals surface area contributed by atoms with Crippen LogP contribution in [0.2, 0.25) is 5.02 Å². The molecule has 0 bridgehead atoms. The van der Waals surface area contributed by atoms with E-state index < -0.39 is 0 Å². The summed E-state index contributed by atoms with van der Waals surface area (Å²) < 4.78 is 0. The van der Waals surface area contributed by atoms with Gasteiger partial charge in [0.15, 0.2) is 0 Å². The molecule has 1 aliphatic rings. The minimum atomic E-state index is -0.142. The second-order valence-corrected chi connectivity index (χ2v) is 7.89. The number of amides is 2. The van der Waals surface area contributed by atoms with Gasteiger partial charge in [-0.15, -0.1) is 0 Å². The Morgan fingerprint density at radius 2 is 1.69 bits per heavy atom. The predicted molar refractivity (Wildman–Crippen MR) is 118 cm³/mol. The summed E-state index contributed by atoms with van der Waals surface area (Å²) in [7, 11) is 0. The third-order valence-electron chi connectivity index (χ3n) is 5.51. The van der Waals surface area contributed by atoms with E-state index in [-0.39, 0.29) is 11.8 Å². The van der Waals surface area contributed by atoms with Gasteiger partial charge >= 0.3 is 0 Å². The van der Waals surface area contributed by atoms with Crippen LogP contribution in [0.5, 0.6) is 0 Å². The number of piperazine rings is 1. The van der Waals surface area contributed by atoms with Crippen molar-refractivity contribution in [3.05, 3.63) is 64.2 Å². The highest BCUT2D eigenvalue weighted by Crippen LogP contribution is 2.24. The summed E-state index contributed by atoms with van der Waals surface area (Å²) in [6.45, 7) is 7.94. The first kappa shape index (κ1) is 21.2. The highest BCUT2D eigenvalue weighted by Gasteiger charge is 2.22. The standard InChI is InChI=1S/C23H28ClN3O2/c1-17-5-3-6-21(18(17)2)26-13-15-27(16-14-26)22(28)7-4-12-25-23(29)19-8-10-20(24)11-9-19/h3,5-6,8-11H,4,7,12-16H2,1-2H3,(H,25,29). The van der Waals surface area contributed by atoms with Gasteiger partial charge in [0.25, 0.3) is 5.91 Å².